The van der Waals surface area contributed by atoms with Crippen LogP contribution in [-0.2, 0) is 0 Å². The minimum absolute atomic E-state index is 0.772. The van der Waals surface area contributed by atoms with Crippen LogP contribution in [0.25, 0.3) is 0 Å². The highest BCUT2D eigenvalue weighted by Gasteiger charge is 1.95. The molecule has 2 heteroatoms. The van der Waals surface area contributed by atoms with E-state index in [-0.39, 0.29) is 0 Å². The van der Waals surface area contributed by atoms with Crippen LogP contribution in [0.4, 0.5) is 0 Å². The molecular formula is C13H18N2. The summed E-state index contributed by atoms with van der Waals surface area (Å²) in [6.45, 7) is 11.2. The van der Waals surface area contributed by atoms with E-state index in [1.54, 1.807) is 30.6 Å². The topological polar surface area (TPSA) is 24.7 Å². The Hall–Kier alpha value is -1.70. The van der Waals surface area contributed by atoms with E-state index in [0.717, 1.165) is 17.8 Å². The third-order valence-corrected chi connectivity index (χ3v) is 1.61. The summed E-state index contributed by atoms with van der Waals surface area (Å²) in [5, 5.41) is 0. The van der Waals surface area contributed by atoms with Crippen molar-refractivity contribution in [2.45, 2.75) is 20.3 Å². The monoisotopic (exact) mass is 202 g/mol. The maximum Gasteiger partial charge on any atom is 0.0835 e. The van der Waals surface area contributed by atoms with Crippen LogP contribution in [0.3, 0.4) is 0 Å². The second-order valence-corrected chi connectivity index (χ2v) is 2.80. The van der Waals surface area contributed by atoms with E-state index >= 15 is 0 Å². The van der Waals surface area contributed by atoms with Crippen LogP contribution in [0.2, 0.25) is 0 Å². The van der Waals surface area contributed by atoms with E-state index in [1.807, 2.05) is 13.0 Å². The second-order valence-electron chi connectivity index (χ2n) is 2.80. The Labute approximate surface area is 92.2 Å². The molecule has 15 heavy (non-hydrogen) atoms. The van der Waals surface area contributed by atoms with Crippen LogP contribution in [0, 0.1) is 0 Å². The lowest BCUT2D eigenvalue weighted by atomic mass is 10.2. The van der Waals surface area contributed by atoms with Crippen molar-refractivity contribution < 1.29 is 0 Å². The molecule has 0 aliphatic carbocycles. The predicted molar refractivity (Wildman–Crippen MR) is 69.5 cm³/mol. The third kappa shape index (κ3) is 6.38. The molecule has 0 unspecified atom stereocenters. The Morgan fingerprint density at radius 3 is 2.47 bits per heavy atom. The quantitative estimate of drug-likeness (QED) is 0.463. The first-order valence-electron chi connectivity index (χ1n) is 4.93. The van der Waals surface area contributed by atoms with Crippen LogP contribution >= 0.6 is 0 Å². The molecule has 0 amide bonds. The molecule has 0 N–H and O–H groups in total. The molecule has 2 nitrogen and oxygen atoms in total. The zero-order chi connectivity index (χ0) is 11.5. The van der Waals surface area contributed by atoms with Gasteiger partial charge in [-0.15, -0.1) is 0 Å². The van der Waals surface area contributed by atoms with Crippen molar-refractivity contribution in [3.63, 3.8) is 0 Å². The van der Waals surface area contributed by atoms with Crippen molar-refractivity contribution in [2.75, 3.05) is 0 Å². The largest absolute Gasteiger partial charge is 0.260 e. The first-order valence-corrected chi connectivity index (χ1v) is 4.93. The number of hydrogen-bond donors (Lipinski definition) is 0. The van der Waals surface area contributed by atoms with E-state index in [0.29, 0.717) is 0 Å². The number of aliphatic imine (C=N–C) groups is 2. The van der Waals surface area contributed by atoms with Gasteiger partial charge in [0, 0.05) is 12.4 Å². The molecule has 0 aliphatic heterocycles. The molecule has 0 heterocycles. The second kappa shape index (κ2) is 8.88. The van der Waals surface area contributed by atoms with Gasteiger partial charge >= 0.3 is 0 Å². The minimum Gasteiger partial charge on any atom is -0.260 e. The lowest BCUT2D eigenvalue weighted by Crippen LogP contribution is -2.05. The number of nitrogens with zero attached hydrogens (tertiary/aromatic N) is 2. The Kier molecular flexibility index (Phi) is 7.87. The zero-order valence-corrected chi connectivity index (χ0v) is 9.48. The lowest BCUT2D eigenvalue weighted by Gasteiger charge is -1.96. The molecule has 0 atom stereocenters. The van der Waals surface area contributed by atoms with Gasteiger partial charge in [0.15, 0.2) is 0 Å². The fourth-order valence-electron chi connectivity index (χ4n) is 0.814. The molecule has 0 spiro atoms. The normalized spacial score (nSPS) is 13.7. The van der Waals surface area contributed by atoms with Crippen molar-refractivity contribution in [3.8, 4) is 0 Å². The van der Waals surface area contributed by atoms with E-state index in [1.165, 1.54) is 0 Å². The summed E-state index contributed by atoms with van der Waals surface area (Å²) in [5.41, 5.74) is 1.62. The van der Waals surface area contributed by atoms with Gasteiger partial charge in [0.25, 0.3) is 0 Å². The fourth-order valence-corrected chi connectivity index (χ4v) is 0.814. The summed E-state index contributed by atoms with van der Waals surface area (Å²) in [4.78, 5) is 8.43. The van der Waals surface area contributed by atoms with E-state index in [2.05, 4.69) is 30.1 Å². The predicted octanol–water partition coefficient (Wildman–Crippen LogP) is 3.70. The molecule has 0 bridgehead atoms. The molecule has 0 saturated heterocycles. The molecule has 0 rings (SSSR count). The van der Waals surface area contributed by atoms with Gasteiger partial charge < -0.3 is 0 Å². The summed E-state index contributed by atoms with van der Waals surface area (Å²) in [6.07, 6.45) is 11.5. The minimum atomic E-state index is 0.772. The summed E-state index contributed by atoms with van der Waals surface area (Å²) < 4.78 is 0. The number of allylic oxidation sites excluding steroid dienone is 4. The van der Waals surface area contributed by atoms with Gasteiger partial charge in [0.1, 0.15) is 0 Å². The van der Waals surface area contributed by atoms with Crippen LogP contribution in [-0.4, -0.2) is 11.4 Å². The third-order valence-electron chi connectivity index (χ3n) is 1.61. The van der Waals surface area contributed by atoms with Gasteiger partial charge in [-0.25, -0.2) is 0 Å². The smallest absolute Gasteiger partial charge is 0.0835 e. The number of hydrogen-bond acceptors (Lipinski definition) is 2. The maximum absolute atomic E-state index is 4.24. The lowest BCUT2D eigenvalue weighted by molar-refractivity contribution is 1.21. The molecular weight excluding hydrogens is 184 g/mol. The van der Waals surface area contributed by atoms with Crippen LogP contribution in [0.1, 0.15) is 20.3 Å². The maximum atomic E-state index is 4.24. The van der Waals surface area contributed by atoms with Crippen molar-refractivity contribution in [2.24, 2.45) is 9.98 Å². The van der Waals surface area contributed by atoms with Crippen molar-refractivity contribution in [1.29, 1.82) is 0 Å². The average Bonchev–Trinajstić information content (AvgIpc) is 2.24. The van der Waals surface area contributed by atoms with E-state index in [9.17, 15) is 0 Å². The molecule has 0 saturated carbocycles. The summed E-state index contributed by atoms with van der Waals surface area (Å²) in [5.74, 6) is 0. The zero-order valence-electron chi connectivity index (χ0n) is 9.48. The first kappa shape index (κ1) is 13.3. The Morgan fingerprint density at radius 2 is 1.93 bits per heavy atom. The van der Waals surface area contributed by atoms with Crippen molar-refractivity contribution >= 4 is 11.4 Å². The Balaban J connectivity index is 4.66. The van der Waals surface area contributed by atoms with Gasteiger partial charge in [0.05, 0.1) is 11.4 Å². The van der Waals surface area contributed by atoms with Gasteiger partial charge in [0.2, 0.25) is 0 Å². The van der Waals surface area contributed by atoms with Gasteiger partial charge in [-0.3, -0.25) is 9.98 Å². The van der Waals surface area contributed by atoms with Crippen LogP contribution < -0.4 is 0 Å². The molecule has 0 aromatic heterocycles. The standard InChI is InChI=1S/C13H18N2/c1-5-8-10-14-12(4)13(7-3)15-11-9-6-2/h6-11H,2-3,5H2,1,4H3/b10-8-,11-9-,14-12+,15-13+. The molecule has 0 aromatic carbocycles. The first-order chi connectivity index (χ1) is 7.26. The molecule has 80 valence electrons. The summed E-state index contributed by atoms with van der Waals surface area (Å²) in [6, 6.07) is 0. The Bertz CT molecular complexity index is 317. The molecule has 0 aromatic rings. The van der Waals surface area contributed by atoms with E-state index < -0.39 is 0 Å². The van der Waals surface area contributed by atoms with Crippen molar-refractivity contribution in [1.82, 2.24) is 0 Å². The van der Waals surface area contributed by atoms with E-state index in [4.69, 9.17) is 0 Å². The highest BCUT2D eigenvalue weighted by molar-refractivity contribution is 6.45. The summed E-state index contributed by atoms with van der Waals surface area (Å²) >= 11 is 0. The average molecular weight is 202 g/mol. The number of rotatable bonds is 6. The van der Waals surface area contributed by atoms with Gasteiger partial charge in [-0.1, -0.05) is 32.2 Å². The SMILES string of the molecule is C=C\C=C/N=C(C=C)/C(C)=N/C=C\CC. The van der Waals surface area contributed by atoms with Crippen molar-refractivity contribution in [3.05, 3.63) is 49.9 Å². The summed E-state index contributed by atoms with van der Waals surface area (Å²) in [7, 11) is 0. The Morgan fingerprint density at radius 1 is 1.20 bits per heavy atom. The molecule has 0 aliphatic rings. The highest BCUT2D eigenvalue weighted by atomic mass is 14.8. The van der Waals surface area contributed by atoms with Gasteiger partial charge in [-0.05, 0) is 25.5 Å². The molecule has 0 fully saturated rings. The van der Waals surface area contributed by atoms with Gasteiger partial charge in [-0.2, -0.15) is 0 Å². The highest BCUT2D eigenvalue weighted by Crippen LogP contribution is 1.91. The molecule has 0 radical (unpaired) electrons. The van der Waals surface area contributed by atoms with Crippen LogP contribution in [0.15, 0.2) is 59.8 Å². The fraction of sp³-hybridized carbons (Fsp3) is 0.231. The van der Waals surface area contributed by atoms with Crippen LogP contribution in [0.5, 0.6) is 0 Å².